The molecule has 26 heavy (non-hydrogen) atoms. The number of carbonyl (C=O) groups is 1. The summed E-state index contributed by atoms with van der Waals surface area (Å²) in [5.74, 6) is 0.00207. The number of anilines is 1. The molecular formula is C20H18ClN3OS. The quantitative estimate of drug-likeness (QED) is 0.671. The van der Waals surface area contributed by atoms with E-state index in [4.69, 9.17) is 11.6 Å². The van der Waals surface area contributed by atoms with Crippen LogP contribution >= 0.6 is 22.9 Å². The lowest BCUT2D eigenvalue weighted by Crippen LogP contribution is -2.49. The standard InChI is InChI=1S/C20H18ClN3OS/c21-16-8-4-5-9-18(16)23-10-12-24(13-11-23)20(25)17-14-26-19(22-17)15-6-2-1-3-7-15/h1-9,14H,10-13H2. The summed E-state index contributed by atoms with van der Waals surface area (Å²) >= 11 is 7.79. The monoisotopic (exact) mass is 383 g/mol. The number of halogens is 1. The number of amides is 1. The maximum atomic E-state index is 12.8. The first-order valence-corrected chi connectivity index (χ1v) is 9.78. The summed E-state index contributed by atoms with van der Waals surface area (Å²) in [6.45, 7) is 2.88. The molecule has 1 aliphatic rings. The maximum Gasteiger partial charge on any atom is 0.273 e. The van der Waals surface area contributed by atoms with E-state index in [1.165, 1.54) is 11.3 Å². The first-order chi connectivity index (χ1) is 12.7. The first kappa shape index (κ1) is 17.1. The Labute approximate surface area is 161 Å². The summed E-state index contributed by atoms with van der Waals surface area (Å²) in [4.78, 5) is 21.4. The third-order valence-electron chi connectivity index (χ3n) is 4.50. The summed E-state index contributed by atoms with van der Waals surface area (Å²) < 4.78 is 0. The highest BCUT2D eigenvalue weighted by molar-refractivity contribution is 7.13. The number of carbonyl (C=O) groups excluding carboxylic acids is 1. The summed E-state index contributed by atoms with van der Waals surface area (Å²) in [6, 6.07) is 17.8. The summed E-state index contributed by atoms with van der Waals surface area (Å²) in [5, 5.41) is 3.48. The van der Waals surface area contributed by atoms with E-state index in [-0.39, 0.29) is 5.91 Å². The number of hydrogen-bond donors (Lipinski definition) is 0. The SMILES string of the molecule is O=C(c1csc(-c2ccccc2)n1)N1CCN(c2ccccc2Cl)CC1. The van der Waals surface area contributed by atoms with Gasteiger partial charge in [-0.3, -0.25) is 4.79 Å². The molecule has 0 spiro atoms. The molecule has 1 amide bonds. The highest BCUT2D eigenvalue weighted by Crippen LogP contribution is 2.27. The highest BCUT2D eigenvalue weighted by atomic mass is 35.5. The molecule has 2 aromatic carbocycles. The molecule has 1 aromatic heterocycles. The van der Waals surface area contributed by atoms with Gasteiger partial charge in [0.2, 0.25) is 0 Å². The molecule has 0 unspecified atom stereocenters. The molecule has 1 saturated heterocycles. The smallest absolute Gasteiger partial charge is 0.273 e. The summed E-state index contributed by atoms with van der Waals surface area (Å²) in [5.41, 5.74) is 2.60. The maximum absolute atomic E-state index is 12.8. The largest absolute Gasteiger partial charge is 0.367 e. The zero-order chi connectivity index (χ0) is 17.9. The Morgan fingerprint density at radius 3 is 2.38 bits per heavy atom. The molecule has 0 aliphatic carbocycles. The van der Waals surface area contributed by atoms with Crippen LogP contribution in [0.25, 0.3) is 10.6 Å². The molecule has 4 nitrogen and oxygen atoms in total. The number of benzene rings is 2. The van der Waals surface area contributed by atoms with Crippen molar-refractivity contribution in [3.8, 4) is 10.6 Å². The summed E-state index contributed by atoms with van der Waals surface area (Å²) in [7, 11) is 0. The van der Waals surface area contributed by atoms with E-state index in [9.17, 15) is 4.79 Å². The Morgan fingerprint density at radius 1 is 0.962 bits per heavy atom. The molecule has 0 atom stereocenters. The zero-order valence-electron chi connectivity index (χ0n) is 14.1. The molecule has 0 saturated carbocycles. The molecule has 2 heterocycles. The topological polar surface area (TPSA) is 36.4 Å². The molecule has 4 rings (SSSR count). The Morgan fingerprint density at radius 2 is 1.65 bits per heavy atom. The average molecular weight is 384 g/mol. The van der Waals surface area contributed by atoms with Crippen LogP contribution in [0.1, 0.15) is 10.5 Å². The van der Waals surface area contributed by atoms with Crippen molar-refractivity contribution in [3.05, 3.63) is 70.7 Å². The van der Waals surface area contributed by atoms with Crippen molar-refractivity contribution in [3.63, 3.8) is 0 Å². The lowest BCUT2D eigenvalue weighted by atomic mass is 10.2. The van der Waals surface area contributed by atoms with Gasteiger partial charge >= 0.3 is 0 Å². The lowest BCUT2D eigenvalue weighted by molar-refractivity contribution is 0.0742. The Bertz CT molecular complexity index is 904. The lowest BCUT2D eigenvalue weighted by Gasteiger charge is -2.36. The minimum Gasteiger partial charge on any atom is -0.367 e. The van der Waals surface area contributed by atoms with E-state index in [0.717, 1.165) is 34.4 Å². The van der Waals surface area contributed by atoms with E-state index in [2.05, 4.69) is 9.88 Å². The predicted octanol–water partition coefficient (Wildman–Crippen LogP) is 4.43. The van der Waals surface area contributed by atoms with Gasteiger partial charge in [0.1, 0.15) is 10.7 Å². The van der Waals surface area contributed by atoms with Crippen LogP contribution in [0.5, 0.6) is 0 Å². The Hall–Kier alpha value is -2.37. The molecular weight excluding hydrogens is 366 g/mol. The number of rotatable bonds is 3. The van der Waals surface area contributed by atoms with E-state index >= 15 is 0 Å². The number of thiazole rings is 1. The number of hydrogen-bond acceptors (Lipinski definition) is 4. The van der Waals surface area contributed by atoms with Crippen molar-refractivity contribution in [2.24, 2.45) is 0 Å². The van der Waals surface area contributed by atoms with Crippen LogP contribution in [-0.2, 0) is 0 Å². The van der Waals surface area contributed by atoms with E-state index in [1.54, 1.807) is 0 Å². The van der Waals surface area contributed by atoms with Gasteiger partial charge in [0.15, 0.2) is 0 Å². The second-order valence-electron chi connectivity index (χ2n) is 6.13. The van der Waals surface area contributed by atoms with Crippen LogP contribution in [0.3, 0.4) is 0 Å². The molecule has 6 heteroatoms. The van der Waals surface area contributed by atoms with Crippen molar-refractivity contribution in [2.45, 2.75) is 0 Å². The highest BCUT2D eigenvalue weighted by Gasteiger charge is 2.24. The van der Waals surface area contributed by atoms with Crippen molar-refractivity contribution in [1.82, 2.24) is 9.88 Å². The van der Waals surface area contributed by atoms with Crippen molar-refractivity contribution in [1.29, 1.82) is 0 Å². The molecule has 0 N–H and O–H groups in total. The normalized spacial score (nSPS) is 14.5. The van der Waals surface area contributed by atoms with Crippen LogP contribution in [0.15, 0.2) is 60.0 Å². The number of piperazine rings is 1. The van der Waals surface area contributed by atoms with Crippen molar-refractivity contribution >= 4 is 34.5 Å². The molecule has 1 aliphatic heterocycles. The minimum atomic E-state index is 0.00207. The Balaban J connectivity index is 1.43. The van der Waals surface area contributed by atoms with Gasteiger partial charge in [0.25, 0.3) is 5.91 Å². The van der Waals surface area contributed by atoms with Crippen LogP contribution in [0.2, 0.25) is 5.02 Å². The van der Waals surface area contributed by atoms with Gasteiger partial charge in [-0.05, 0) is 12.1 Å². The second-order valence-corrected chi connectivity index (χ2v) is 7.40. The van der Waals surface area contributed by atoms with Crippen molar-refractivity contribution in [2.75, 3.05) is 31.1 Å². The number of aromatic nitrogens is 1. The first-order valence-electron chi connectivity index (χ1n) is 8.52. The molecule has 1 fully saturated rings. The second kappa shape index (κ2) is 7.48. The van der Waals surface area contributed by atoms with Crippen LogP contribution in [0, 0.1) is 0 Å². The third-order valence-corrected chi connectivity index (χ3v) is 5.72. The van der Waals surface area contributed by atoms with E-state index < -0.39 is 0 Å². The van der Waals surface area contributed by atoms with Crippen molar-refractivity contribution < 1.29 is 4.79 Å². The van der Waals surface area contributed by atoms with Gasteiger partial charge < -0.3 is 9.80 Å². The van der Waals surface area contributed by atoms with Gasteiger partial charge in [0.05, 0.1) is 10.7 Å². The van der Waals surface area contributed by atoms with Gasteiger partial charge in [-0.15, -0.1) is 11.3 Å². The number of nitrogens with zero attached hydrogens (tertiary/aromatic N) is 3. The van der Waals surface area contributed by atoms with Gasteiger partial charge in [0, 0.05) is 37.1 Å². The molecule has 132 valence electrons. The van der Waals surface area contributed by atoms with Gasteiger partial charge in [-0.1, -0.05) is 54.1 Å². The van der Waals surface area contributed by atoms with Gasteiger partial charge in [-0.25, -0.2) is 4.98 Å². The fraction of sp³-hybridized carbons (Fsp3) is 0.200. The fourth-order valence-corrected chi connectivity index (χ4v) is 4.16. The molecule has 0 bridgehead atoms. The van der Waals surface area contributed by atoms with E-state index in [1.807, 2.05) is 64.9 Å². The number of para-hydroxylation sites is 1. The summed E-state index contributed by atoms with van der Waals surface area (Å²) in [6.07, 6.45) is 0. The predicted molar refractivity (Wildman–Crippen MR) is 107 cm³/mol. The zero-order valence-corrected chi connectivity index (χ0v) is 15.7. The Kier molecular flexibility index (Phi) is 4.91. The fourth-order valence-electron chi connectivity index (χ4n) is 3.11. The van der Waals surface area contributed by atoms with Crippen LogP contribution < -0.4 is 4.90 Å². The molecule has 0 radical (unpaired) electrons. The van der Waals surface area contributed by atoms with E-state index in [0.29, 0.717) is 18.8 Å². The minimum absolute atomic E-state index is 0.00207. The van der Waals surface area contributed by atoms with Crippen LogP contribution in [0.4, 0.5) is 5.69 Å². The van der Waals surface area contributed by atoms with Crippen LogP contribution in [-0.4, -0.2) is 42.0 Å². The molecule has 3 aromatic rings. The third kappa shape index (κ3) is 3.45. The average Bonchev–Trinajstić information content (AvgIpc) is 3.19. The van der Waals surface area contributed by atoms with Gasteiger partial charge in [-0.2, -0.15) is 0 Å².